The first-order chi connectivity index (χ1) is 10.1. The first-order valence-corrected chi connectivity index (χ1v) is 8.81. The molecule has 0 spiro atoms. The summed E-state index contributed by atoms with van der Waals surface area (Å²) in [5.74, 6) is -0.657. The summed E-state index contributed by atoms with van der Waals surface area (Å²) in [5.41, 5.74) is -1.55. The monoisotopic (exact) mass is 331 g/mol. The van der Waals surface area contributed by atoms with E-state index in [1.54, 1.807) is 34.6 Å². The second-order valence-electron chi connectivity index (χ2n) is 5.69. The highest BCUT2D eigenvalue weighted by molar-refractivity contribution is 7.58. The SMILES string of the molecule is CCOC(=O)C(C)(C)N[P@](=O)(Oc1ccc(F)cc1)C(C)C. The van der Waals surface area contributed by atoms with Crippen molar-refractivity contribution >= 4 is 13.5 Å². The minimum absolute atomic E-state index is 0.231. The summed E-state index contributed by atoms with van der Waals surface area (Å²) < 4.78 is 36.5. The maximum absolute atomic E-state index is 13.1. The van der Waals surface area contributed by atoms with Gasteiger partial charge in [-0.05, 0) is 45.0 Å². The van der Waals surface area contributed by atoms with Crippen molar-refractivity contribution in [2.75, 3.05) is 6.61 Å². The van der Waals surface area contributed by atoms with Crippen LogP contribution in [0.4, 0.5) is 4.39 Å². The zero-order valence-corrected chi connectivity index (χ0v) is 14.4. The van der Waals surface area contributed by atoms with Crippen LogP contribution in [0.5, 0.6) is 5.75 Å². The zero-order chi connectivity index (χ0) is 17.0. The zero-order valence-electron chi connectivity index (χ0n) is 13.6. The third-order valence-electron chi connectivity index (χ3n) is 2.96. The molecule has 0 aliphatic rings. The van der Waals surface area contributed by atoms with Crippen molar-refractivity contribution in [3.8, 4) is 5.75 Å². The predicted octanol–water partition coefficient (Wildman–Crippen LogP) is 3.74. The lowest BCUT2D eigenvalue weighted by atomic mass is 10.1. The van der Waals surface area contributed by atoms with Crippen LogP contribution < -0.4 is 9.61 Å². The van der Waals surface area contributed by atoms with Gasteiger partial charge in [-0.25, -0.2) is 9.48 Å². The number of carbonyl (C=O) groups excluding carboxylic acids is 1. The molecule has 1 rings (SSSR count). The molecular weight excluding hydrogens is 308 g/mol. The lowest BCUT2D eigenvalue weighted by molar-refractivity contribution is -0.149. The van der Waals surface area contributed by atoms with Gasteiger partial charge < -0.3 is 9.26 Å². The van der Waals surface area contributed by atoms with Crippen LogP contribution in [0.25, 0.3) is 0 Å². The minimum Gasteiger partial charge on any atom is -0.465 e. The van der Waals surface area contributed by atoms with Crippen LogP contribution in [0.3, 0.4) is 0 Å². The Morgan fingerprint density at radius 3 is 2.32 bits per heavy atom. The molecule has 124 valence electrons. The number of carbonyl (C=O) groups is 1. The van der Waals surface area contributed by atoms with E-state index < -0.39 is 24.8 Å². The molecule has 0 fully saturated rings. The smallest absolute Gasteiger partial charge is 0.326 e. The molecular formula is C15H23FNO4P. The number of ether oxygens (including phenoxy) is 1. The highest BCUT2D eigenvalue weighted by atomic mass is 31.2. The van der Waals surface area contributed by atoms with Crippen molar-refractivity contribution in [1.82, 2.24) is 5.09 Å². The lowest BCUT2D eigenvalue weighted by Gasteiger charge is -2.31. The van der Waals surface area contributed by atoms with Crippen LogP contribution in [0.2, 0.25) is 0 Å². The molecule has 1 aromatic carbocycles. The summed E-state index contributed by atoms with van der Waals surface area (Å²) in [6.07, 6.45) is 0. The molecule has 0 saturated heterocycles. The van der Waals surface area contributed by atoms with Crippen molar-refractivity contribution in [3.05, 3.63) is 30.1 Å². The molecule has 7 heteroatoms. The third-order valence-corrected chi connectivity index (χ3v) is 5.67. The second-order valence-corrected chi connectivity index (χ2v) is 8.33. The van der Waals surface area contributed by atoms with E-state index in [0.717, 1.165) is 0 Å². The van der Waals surface area contributed by atoms with Crippen LogP contribution >= 0.6 is 7.52 Å². The van der Waals surface area contributed by atoms with Gasteiger partial charge in [-0.3, -0.25) is 9.36 Å². The third kappa shape index (κ3) is 4.82. The largest absolute Gasteiger partial charge is 0.465 e. The number of halogens is 1. The van der Waals surface area contributed by atoms with Gasteiger partial charge in [-0.15, -0.1) is 0 Å². The Kier molecular flexibility index (Phi) is 6.15. The Morgan fingerprint density at radius 2 is 1.86 bits per heavy atom. The Balaban J connectivity index is 2.98. The van der Waals surface area contributed by atoms with E-state index in [1.807, 2.05) is 0 Å². The fourth-order valence-corrected chi connectivity index (χ4v) is 3.48. The van der Waals surface area contributed by atoms with Crippen LogP contribution in [-0.4, -0.2) is 23.8 Å². The molecule has 0 saturated carbocycles. The van der Waals surface area contributed by atoms with Crippen molar-refractivity contribution in [2.45, 2.75) is 45.8 Å². The van der Waals surface area contributed by atoms with E-state index in [0.29, 0.717) is 0 Å². The van der Waals surface area contributed by atoms with E-state index in [2.05, 4.69) is 5.09 Å². The lowest BCUT2D eigenvalue weighted by Crippen LogP contribution is -2.47. The summed E-state index contributed by atoms with van der Waals surface area (Å²) in [5, 5.41) is 2.78. The quantitative estimate of drug-likeness (QED) is 0.609. The molecule has 22 heavy (non-hydrogen) atoms. The van der Waals surface area contributed by atoms with Gasteiger partial charge in [0.05, 0.1) is 12.3 Å². The summed E-state index contributed by atoms with van der Waals surface area (Å²) in [7, 11) is -3.40. The van der Waals surface area contributed by atoms with Gasteiger partial charge in [0.2, 0.25) is 0 Å². The molecule has 0 radical (unpaired) electrons. The van der Waals surface area contributed by atoms with Gasteiger partial charge in [0.1, 0.15) is 17.1 Å². The van der Waals surface area contributed by atoms with Crippen molar-refractivity contribution in [2.24, 2.45) is 0 Å². The van der Waals surface area contributed by atoms with Crippen LogP contribution in [0, 0.1) is 5.82 Å². The Bertz CT molecular complexity index is 557. The first kappa shape index (κ1) is 18.7. The Hall–Kier alpha value is -1.39. The number of hydrogen-bond donors (Lipinski definition) is 1. The number of hydrogen-bond acceptors (Lipinski definition) is 4. The molecule has 0 amide bonds. The second kappa shape index (κ2) is 7.25. The molecule has 0 unspecified atom stereocenters. The highest BCUT2D eigenvalue weighted by Gasteiger charge is 2.40. The van der Waals surface area contributed by atoms with E-state index in [1.165, 1.54) is 24.3 Å². The fourth-order valence-electron chi connectivity index (χ4n) is 1.66. The molecule has 5 nitrogen and oxygen atoms in total. The van der Waals surface area contributed by atoms with E-state index in [9.17, 15) is 13.8 Å². The van der Waals surface area contributed by atoms with Crippen molar-refractivity contribution in [1.29, 1.82) is 0 Å². The molecule has 1 aromatic rings. The van der Waals surface area contributed by atoms with Crippen LogP contribution in [0.1, 0.15) is 34.6 Å². The summed E-state index contributed by atoms with van der Waals surface area (Å²) in [6, 6.07) is 5.22. The van der Waals surface area contributed by atoms with Gasteiger partial charge in [-0.2, -0.15) is 0 Å². The first-order valence-electron chi connectivity index (χ1n) is 7.12. The van der Waals surface area contributed by atoms with E-state index in [-0.39, 0.29) is 18.0 Å². The maximum Gasteiger partial charge on any atom is 0.326 e. The highest BCUT2D eigenvalue weighted by Crippen LogP contribution is 2.49. The molecule has 0 aliphatic carbocycles. The van der Waals surface area contributed by atoms with Gasteiger partial charge >= 0.3 is 13.5 Å². The number of rotatable bonds is 7. The summed E-state index contributed by atoms with van der Waals surface area (Å²) in [4.78, 5) is 12.0. The molecule has 0 heterocycles. The fraction of sp³-hybridized carbons (Fsp3) is 0.533. The maximum atomic E-state index is 13.1. The molecule has 0 aromatic heterocycles. The minimum atomic E-state index is -3.40. The Labute approximate surface area is 130 Å². The topological polar surface area (TPSA) is 64.6 Å². The molecule has 0 aliphatic heterocycles. The van der Waals surface area contributed by atoms with E-state index >= 15 is 0 Å². The number of esters is 1. The average Bonchev–Trinajstić information content (AvgIpc) is 2.41. The average molecular weight is 331 g/mol. The van der Waals surface area contributed by atoms with Gasteiger partial charge in [0.15, 0.2) is 0 Å². The summed E-state index contributed by atoms with van der Waals surface area (Å²) >= 11 is 0. The van der Waals surface area contributed by atoms with Gasteiger partial charge in [0.25, 0.3) is 0 Å². The van der Waals surface area contributed by atoms with Crippen LogP contribution in [-0.2, 0) is 14.1 Å². The number of nitrogens with one attached hydrogen (secondary N) is 1. The van der Waals surface area contributed by atoms with E-state index in [4.69, 9.17) is 9.26 Å². The molecule has 1 atom stereocenters. The molecule has 1 N–H and O–H groups in total. The van der Waals surface area contributed by atoms with Crippen molar-refractivity contribution < 1.29 is 23.0 Å². The van der Waals surface area contributed by atoms with Crippen LogP contribution in [0.15, 0.2) is 24.3 Å². The standard InChI is InChI=1S/C15H23FNO4P/c1-6-20-14(18)15(4,5)17-22(19,11(2)3)21-13-9-7-12(16)8-10-13/h7-11H,6H2,1-5H3,(H,17,19)/t22-/m1/s1. The van der Waals surface area contributed by atoms with Gasteiger partial charge in [0, 0.05) is 0 Å². The Morgan fingerprint density at radius 1 is 1.32 bits per heavy atom. The van der Waals surface area contributed by atoms with Crippen molar-refractivity contribution in [3.63, 3.8) is 0 Å². The molecule has 0 bridgehead atoms. The normalized spacial score (nSPS) is 14.5. The predicted molar refractivity (Wildman–Crippen MR) is 83.6 cm³/mol. The van der Waals surface area contributed by atoms with Gasteiger partial charge in [-0.1, -0.05) is 13.8 Å². The summed E-state index contributed by atoms with van der Waals surface area (Å²) in [6.45, 7) is 8.53. The number of benzene rings is 1.